The van der Waals surface area contributed by atoms with Gasteiger partial charge in [-0.15, -0.1) is 0 Å². The summed E-state index contributed by atoms with van der Waals surface area (Å²) in [6, 6.07) is 2.07. The van der Waals surface area contributed by atoms with Crippen LogP contribution in [0.2, 0.25) is 0 Å². The molecule has 3 rings (SSSR count). The quantitative estimate of drug-likeness (QED) is 0.843. The lowest BCUT2D eigenvalue weighted by atomic mass is 10.2. The number of ether oxygens (including phenoxy) is 1. The van der Waals surface area contributed by atoms with Gasteiger partial charge >= 0.3 is 0 Å². The number of nitrogens with one attached hydrogen (secondary N) is 2. The lowest BCUT2D eigenvalue weighted by Gasteiger charge is -2.25. The van der Waals surface area contributed by atoms with E-state index in [1.165, 1.54) is 0 Å². The van der Waals surface area contributed by atoms with E-state index in [-0.39, 0.29) is 18.1 Å². The molecule has 0 unspecified atom stereocenters. The van der Waals surface area contributed by atoms with Crippen LogP contribution in [0.15, 0.2) is 18.6 Å². The molecule has 2 N–H and O–H groups in total. The van der Waals surface area contributed by atoms with Gasteiger partial charge in [0.25, 0.3) is 5.91 Å². The molecule has 3 heterocycles. The predicted molar refractivity (Wildman–Crippen MR) is 89.0 cm³/mol. The maximum atomic E-state index is 12.2. The van der Waals surface area contributed by atoms with E-state index in [0.717, 1.165) is 30.3 Å². The number of aryl methyl sites for hydroxylation is 2. The Kier molecular flexibility index (Phi) is 4.75. The van der Waals surface area contributed by atoms with Crippen molar-refractivity contribution in [2.45, 2.75) is 32.4 Å². The monoisotopic (exact) mass is 330 g/mol. The molecule has 0 radical (unpaired) electrons. The van der Waals surface area contributed by atoms with Gasteiger partial charge in [0.2, 0.25) is 0 Å². The average Bonchev–Trinajstić information content (AvgIpc) is 3.18. The van der Waals surface area contributed by atoms with Gasteiger partial charge in [-0.3, -0.25) is 4.79 Å². The second-order valence-electron chi connectivity index (χ2n) is 6.01. The fourth-order valence-corrected chi connectivity index (χ4v) is 2.96. The third-order valence-corrected chi connectivity index (χ3v) is 4.24. The van der Waals surface area contributed by atoms with Crippen molar-refractivity contribution in [3.63, 3.8) is 0 Å². The van der Waals surface area contributed by atoms with Gasteiger partial charge in [-0.25, -0.2) is 15.0 Å². The minimum absolute atomic E-state index is 0.122. The van der Waals surface area contributed by atoms with Crippen LogP contribution in [0.4, 0.5) is 5.82 Å². The van der Waals surface area contributed by atoms with Crippen LogP contribution in [0, 0.1) is 13.8 Å². The number of carbonyl (C=O) groups excluding carboxylic acids is 1. The molecule has 8 nitrogen and oxygen atoms in total. The highest BCUT2D eigenvalue weighted by molar-refractivity contribution is 5.92. The van der Waals surface area contributed by atoms with Crippen LogP contribution in [-0.2, 0) is 4.74 Å². The van der Waals surface area contributed by atoms with Crippen LogP contribution < -0.4 is 10.2 Å². The molecule has 2 aromatic heterocycles. The molecule has 0 bridgehead atoms. The van der Waals surface area contributed by atoms with Crippen molar-refractivity contribution >= 4 is 11.7 Å². The predicted octanol–water partition coefficient (Wildman–Crippen LogP) is 0.840. The first kappa shape index (κ1) is 16.4. The first-order valence-corrected chi connectivity index (χ1v) is 7.94. The topological polar surface area (TPSA) is 96.0 Å². The number of anilines is 1. The summed E-state index contributed by atoms with van der Waals surface area (Å²) >= 11 is 0. The molecule has 0 aliphatic carbocycles. The van der Waals surface area contributed by atoms with E-state index in [4.69, 9.17) is 4.74 Å². The molecule has 1 aliphatic rings. The Labute approximate surface area is 140 Å². The molecule has 1 saturated heterocycles. The number of H-pyrrole nitrogens is 1. The van der Waals surface area contributed by atoms with Crippen molar-refractivity contribution in [1.82, 2.24) is 25.3 Å². The normalized spacial score (nSPS) is 20.4. The smallest absolute Gasteiger partial charge is 0.269 e. The van der Waals surface area contributed by atoms with E-state index in [2.05, 4.69) is 30.2 Å². The third-order valence-electron chi connectivity index (χ3n) is 4.24. The Hall–Kier alpha value is -2.48. The maximum Gasteiger partial charge on any atom is 0.269 e. The number of carbonyl (C=O) groups is 1. The molecular weight excluding hydrogens is 308 g/mol. The highest BCUT2D eigenvalue weighted by Crippen LogP contribution is 2.25. The zero-order valence-corrected chi connectivity index (χ0v) is 14.1. The van der Waals surface area contributed by atoms with Crippen molar-refractivity contribution < 1.29 is 9.53 Å². The number of hydrogen-bond donors (Lipinski definition) is 2. The van der Waals surface area contributed by atoms with Gasteiger partial charge in [0.1, 0.15) is 23.7 Å². The van der Waals surface area contributed by atoms with E-state index in [1.807, 2.05) is 19.9 Å². The molecule has 1 fully saturated rings. The lowest BCUT2D eigenvalue weighted by molar-refractivity contribution is 0.0942. The molecular formula is C16H22N6O2. The third kappa shape index (κ3) is 3.53. The molecule has 0 aromatic carbocycles. The van der Waals surface area contributed by atoms with Crippen LogP contribution in [0.5, 0.6) is 0 Å². The van der Waals surface area contributed by atoms with Gasteiger partial charge in [-0.2, -0.15) is 0 Å². The Morgan fingerprint density at radius 1 is 1.42 bits per heavy atom. The molecule has 2 aromatic rings. The summed E-state index contributed by atoms with van der Waals surface area (Å²) in [6.45, 7) is 5.01. The maximum absolute atomic E-state index is 12.2. The molecule has 1 aliphatic heterocycles. The second kappa shape index (κ2) is 6.96. The largest absolute Gasteiger partial charge is 0.380 e. The molecule has 0 spiro atoms. The number of hydrogen-bond acceptors (Lipinski definition) is 6. The molecule has 1 amide bonds. The van der Waals surface area contributed by atoms with Crippen LogP contribution in [-0.4, -0.2) is 58.2 Å². The number of imidazole rings is 1. The van der Waals surface area contributed by atoms with Crippen molar-refractivity contribution in [2.75, 3.05) is 25.1 Å². The summed E-state index contributed by atoms with van der Waals surface area (Å²) < 4.78 is 5.50. The number of amides is 1. The average molecular weight is 330 g/mol. The van der Waals surface area contributed by atoms with Crippen molar-refractivity contribution in [3.05, 3.63) is 35.8 Å². The van der Waals surface area contributed by atoms with Crippen molar-refractivity contribution in [1.29, 1.82) is 0 Å². The number of nitrogens with zero attached hydrogens (tertiary/aromatic N) is 4. The van der Waals surface area contributed by atoms with Gasteiger partial charge in [-0.05, 0) is 20.3 Å². The van der Waals surface area contributed by atoms with Crippen LogP contribution in [0.3, 0.4) is 0 Å². The van der Waals surface area contributed by atoms with Gasteiger partial charge in [0.15, 0.2) is 0 Å². The summed E-state index contributed by atoms with van der Waals surface area (Å²) in [5.74, 6) is 1.42. The summed E-state index contributed by atoms with van der Waals surface area (Å²) in [5.41, 5.74) is 1.38. The van der Waals surface area contributed by atoms with Gasteiger partial charge < -0.3 is 19.9 Å². The fraction of sp³-hybridized carbons (Fsp3) is 0.500. The summed E-state index contributed by atoms with van der Waals surface area (Å²) in [6.07, 6.45) is 4.06. The number of rotatable bonds is 5. The van der Waals surface area contributed by atoms with Gasteiger partial charge in [0, 0.05) is 32.0 Å². The highest BCUT2D eigenvalue weighted by Gasteiger charge is 2.33. The minimum Gasteiger partial charge on any atom is -0.380 e. The van der Waals surface area contributed by atoms with E-state index in [9.17, 15) is 4.79 Å². The van der Waals surface area contributed by atoms with Gasteiger partial charge in [-0.1, -0.05) is 0 Å². The Morgan fingerprint density at radius 3 is 2.92 bits per heavy atom. The van der Waals surface area contributed by atoms with Crippen LogP contribution in [0.1, 0.15) is 28.4 Å². The molecule has 8 heteroatoms. The number of methoxy groups -OCH3 is 1. The zero-order chi connectivity index (χ0) is 17.1. The number of aromatic amines is 1. The summed E-state index contributed by atoms with van der Waals surface area (Å²) in [7, 11) is 1.71. The summed E-state index contributed by atoms with van der Waals surface area (Å²) in [4.78, 5) is 29.9. The van der Waals surface area contributed by atoms with E-state index in [1.54, 1.807) is 19.6 Å². The van der Waals surface area contributed by atoms with Crippen molar-refractivity contribution in [3.8, 4) is 0 Å². The first-order chi connectivity index (χ1) is 11.6. The number of aromatic nitrogens is 4. The summed E-state index contributed by atoms with van der Waals surface area (Å²) in [5, 5.41) is 2.96. The highest BCUT2D eigenvalue weighted by atomic mass is 16.5. The lowest BCUT2D eigenvalue weighted by Crippen LogP contribution is -2.40. The van der Waals surface area contributed by atoms with Gasteiger partial charge in [0.05, 0.1) is 18.3 Å². The van der Waals surface area contributed by atoms with Crippen LogP contribution in [0.25, 0.3) is 0 Å². The Balaban J connectivity index is 1.68. The standard InChI is InChI=1S/C16H22N6O2/c1-10-4-15(20-9-19-10)22-8-13(24-3)5-12(22)6-18-16(23)14-7-17-11(2)21-14/h4,7,9,12-13H,5-6,8H2,1-3H3,(H,17,21)(H,18,23)/t12-,13-/m0/s1. The minimum atomic E-state index is -0.157. The molecule has 2 atom stereocenters. The molecule has 24 heavy (non-hydrogen) atoms. The molecule has 0 saturated carbocycles. The van der Waals surface area contributed by atoms with E-state index >= 15 is 0 Å². The first-order valence-electron chi connectivity index (χ1n) is 7.94. The fourth-order valence-electron chi connectivity index (χ4n) is 2.96. The van der Waals surface area contributed by atoms with Crippen molar-refractivity contribution in [2.24, 2.45) is 0 Å². The Morgan fingerprint density at radius 2 is 2.25 bits per heavy atom. The van der Waals surface area contributed by atoms with E-state index in [0.29, 0.717) is 12.2 Å². The second-order valence-corrected chi connectivity index (χ2v) is 6.01. The zero-order valence-electron chi connectivity index (χ0n) is 14.1. The van der Waals surface area contributed by atoms with E-state index < -0.39 is 0 Å². The SMILES string of the molecule is CO[C@H]1C[C@@H](CNC(=O)c2cnc(C)[nH]2)N(c2cc(C)ncn2)C1. The Bertz CT molecular complexity index is 716. The molecule has 128 valence electrons. The van der Waals surface area contributed by atoms with Crippen LogP contribution >= 0.6 is 0 Å².